The highest BCUT2D eigenvalue weighted by Crippen LogP contribution is 2.17. The highest BCUT2D eigenvalue weighted by molar-refractivity contribution is 5.83. The smallest absolute Gasteiger partial charge is 0.239 e. The summed E-state index contributed by atoms with van der Waals surface area (Å²) >= 11 is 0. The Kier molecular flexibility index (Phi) is 3.05. The molecule has 0 saturated carbocycles. The van der Waals surface area contributed by atoms with Crippen LogP contribution in [-0.4, -0.2) is 36.8 Å². The lowest BCUT2D eigenvalue weighted by Crippen LogP contribution is -2.55. The lowest BCUT2D eigenvalue weighted by atomic mass is 10.2. The molecule has 1 aliphatic rings. The highest BCUT2D eigenvalue weighted by atomic mass is 19.1. The van der Waals surface area contributed by atoms with Crippen molar-refractivity contribution >= 4 is 11.6 Å². The van der Waals surface area contributed by atoms with Crippen LogP contribution in [0.5, 0.6) is 0 Å². The molecule has 1 aromatic carbocycles. The quantitative estimate of drug-likeness (QED) is 0.750. The minimum Gasteiger partial charge on any atom is -0.394 e. The molecule has 1 saturated heterocycles. The van der Waals surface area contributed by atoms with E-state index in [2.05, 4.69) is 5.32 Å². The SMILES string of the molecule is O=C1CN(c2cccc(F)c2)CC(CO)N1. The van der Waals surface area contributed by atoms with Gasteiger partial charge in [-0.15, -0.1) is 0 Å². The maximum atomic E-state index is 13.0. The van der Waals surface area contributed by atoms with E-state index in [4.69, 9.17) is 5.11 Å². The van der Waals surface area contributed by atoms with E-state index in [1.54, 1.807) is 17.0 Å². The molecule has 2 N–H and O–H groups in total. The van der Waals surface area contributed by atoms with Gasteiger partial charge in [-0.1, -0.05) is 6.07 Å². The summed E-state index contributed by atoms with van der Waals surface area (Å²) in [7, 11) is 0. The Labute approximate surface area is 92.7 Å². The first-order valence-corrected chi connectivity index (χ1v) is 5.10. The molecule has 0 spiro atoms. The van der Waals surface area contributed by atoms with E-state index in [0.29, 0.717) is 12.2 Å². The second-order valence-electron chi connectivity index (χ2n) is 3.81. The van der Waals surface area contributed by atoms with Gasteiger partial charge < -0.3 is 15.3 Å². The Morgan fingerprint density at radius 1 is 1.56 bits per heavy atom. The predicted octanol–water partition coefficient (Wildman–Crippen LogP) is 0.123. The van der Waals surface area contributed by atoms with Crippen LogP contribution in [0.15, 0.2) is 24.3 Å². The summed E-state index contributed by atoms with van der Waals surface area (Å²) < 4.78 is 13.0. The molecule has 0 aliphatic carbocycles. The Morgan fingerprint density at radius 2 is 2.38 bits per heavy atom. The molecule has 1 aromatic rings. The lowest BCUT2D eigenvalue weighted by Gasteiger charge is -2.33. The van der Waals surface area contributed by atoms with Gasteiger partial charge in [0.05, 0.1) is 19.2 Å². The number of rotatable bonds is 2. The molecule has 1 heterocycles. The molecule has 0 bridgehead atoms. The van der Waals surface area contributed by atoms with Crippen molar-refractivity contribution in [2.24, 2.45) is 0 Å². The van der Waals surface area contributed by atoms with Gasteiger partial charge in [0.2, 0.25) is 5.91 Å². The van der Waals surface area contributed by atoms with E-state index in [0.717, 1.165) is 0 Å². The normalized spacial score (nSPS) is 20.8. The molecule has 1 unspecified atom stereocenters. The van der Waals surface area contributed by atoms with E-state index in [9.17, 15) is 9.18 Å². The summed E-state index contributed by atoms with van der Waals surface area (Å²) in [6.45, 7) is 0.573. The third-order valence-electron chi connectivity index (χ3n) is 2.53. The second-order valence-corrected chi connectivity index (χ2v) is 3.81. The number of hydrogen-bond donors (Lipinski definition) is 2. The minimum atomic E-state index is -0.330. The fraction of sp³-hybridized carbons (Fsp3) is 0.364. The number of halogens is 1. The number of amides is 1. The van der Waals surface area contributed by atoms with E-state index < -0.39 is 0 Å². The Balaban J connectivity index is 2.17. The molecule has 1 aliphatic heterocycles. The van der Waals surface area contributed by atoms with Crippen molar-refractivity contribution in [3.8, 4) is 0 Å². The Bertz CT molecular complexity index is 397. The van der Waals surface area contributed by atoms with Gasteiger partial charge in [-0.25, -0.2) is 4.39 Å². The number of benzene rings is 1. The molecular formula is C11H13FN2O2. The monoisotopic (exact) mass is 224 g/mol. The van der Waals surface area contributed by atoms with Gasteiger partial charge in [0.15, 0.2) is 0 Å². The summed E-state index contributed by atoms with van der Waals surface area (Å²) in [5, 5.41) is 11.7. The van der Waals surface area contributed by atoms with Crippen LogP contribution in [0.3, 0.4) is 0 Å². The number of anilines is 1. The maximum absolute atomic E-state index is 13.0. The van der Waals surface area contributed by atoms with Crippen LogP contribution < -0.4 is 10.2 Å². The van der Waals surface area contributed by atoms with Gasteiger partial charge in [0, 0.05) is 12.2 Å². The predicted molar refractivity (Wildman–Crippen MR) is 57.6 cm³/mol. The van der Waals surface area contributed by atoms with Crippen molar-refractivity contribution in [3.05, 3.63) is 30.1 Å². The fourth-order valence-electron chi connectivity index (χ4n) is 1.80. The second kappa shape index (κ2) is 4.49. The third-order valence-corrected chi connectivity index (χ3v) is 2.53. The van der Waals surface area contributed by atoms with Crippen LogP contribution in [-0.2, 0) is 4.79 Å². The number of hydrogen-bond acceptors (Lipinski definition) is 3. The van der Waals surface area contributed by atoms with Crippen molar-refractivity contribution in [3.63, 3.8) is 0 Å². The molecule has 1 atom stereocenters. The molecule has 0 radical (unpaired) electrons. The number of aliphatic hydroxyl groups is 1. The summed E-state index contributed by atoms with van der Waals surface area (Å²) in [4.78, 5) is 13.1. The lowest BCUT2D eigenvalue weighted by molar-refractivity contribution is -0.121. The summed E-state index contributed by atoms with van der Waals surface area (Å²) in [5.41, 5.74) is 0.660. The van der Waals surface area contributed by atoms with E-state index in [1.807, 2.05) is 0 Å². The standard InChI is InChI=1S/C11H13FN2O2/c12-8-2-1-3-10(4-8)14-5-9(7-15)13-11(16)6-14/h1-4,9,15H,5-7H2,(H,13,16). The fourth-order valence-corrected chi connectivity index (χ4v) is 1.80. The number of carbonyl (C=O) groups is 1. The summed E-state index contributed by atoms with van der Waals surface area (Å²) in [6, 6.07) is 5.80. The molecule has 5 heteroatoms. The molecule has 16 heavy (non-hydrogen) atoms. The van der Waals surface area contributed by atoms with E-state index in [1.165, 1.54) is 12.1 Å². The first-order valence-electron chi connectivity index (χ1n) is 5.10. The van der Waals surface area contributed by atoms with Gasteiger partial charge in [-0.3, -0.25) is 4.79 Å². The first kappa shape index (κ1) is 10.9. The van der Waals surface area contributed by atoms with Crippen molar-refractivity contribution in [1.29, 1.82) is 0 Å². The zero-order chi connectivity index (χ0) is 11.5. The van der Waals surface area contributed by atoms with Gasteiger partial charge in [0.1, 0.15) is 5.82 Å². The molecule has 0 aromatic heterocycles. The minimum absolute atomic E-state index is 0.114. The van der Waals surface area contributed by atoms with Crippen LogP contribution >= 0.6 is 0 Å². The molecule has 1 amide bonds. The van der Waals surface area contributed by atoms with Gasteiger partial charge >= 0.3 is 0 Å². The van der Waals surface area contributed by atoms with E-state index >= 15 is 0 Å². The van der Waals surface area contributed by atoms with Crippen molar-refractivity contribution in [2.45, 2.75) is 6.04 Å². The topological polar surface area (TPSA) is 52.6 Å². The zero-order valence-corrected chi connectivity index (χ0v) is 8.69. The average Bonchev–Trinajstić information content (AvgIpc) is 2.28. The van der Waals surface area contributed by atoms with Crippen LogP contribution in [0.1, 0.15) is 0 Å². The maximum Gasteiger partial charge on any atom is 0.239 e. The van der Waals surface area contributed by atoms with Gasteiger partial charge in [-0.05, 0) is 18.2 Å². The number of aliphatic hydroxyl groups excluding tert-OH is 1. The summed E-state index contributed by atoms with van der Waals surface area (Å²) in [6.07, 6.45) is 0. The Morgan fingerprint density at radius 3 is 3.06 bits per heavy atom. The van der Waals surface area contributed by atoms with Crippen LogP contribution in [0.25, 0.3) is 0 Å². The van der Waals surface area contributed by atoms with Crippen molar-refractivity contribution in [2.75, 3.05) is 24.6 Å². The average molecular weight is 224 g/mol. The first-order chi connectivity index (χ1) is 7.69. The summed E-state index contributed by atoms with van der Waals surface area (Å²) in [5.74, 6) is -0.487. The number of nitrogens with zero attached hydrogens (tertiary/aromatic N) is 1. The number of nitrogens with one attached hydrogen (secondary N) is 1. The molecule has 4 nitrogen and oxygen atoms in total. The van der Waals surface area contributed by atoms with Gasteiger partial charge in [0.25, 0.3) is 0 Å². The largest absolute Gasteiger partial charge is 0.394 e. The Hall–Kier alpha value is -1.62. The van der Waals surface area contributed by atoms with E-state index in [-0.39, 0.29) is 30.9 Å². The molecule has 2 rings (SSSR count). The zero-order valence-electron chi connectivity index (χ0n) is 8.69. The number of carbonyl (C=O) groups excluding carboxylic acids is 1. The third kappa shape index (κ3) is 2.30. The highest BCUT2D eigenvalue weighted by Gasteiger charge is 2.24. The van der Waals surface area contributed by atoms with Crippen LogP contribution in [0, 0.1) is 5.82 Å². The van der Waals surface area contributed by atoms with Crippen LogP contribution in [0.2, 0.25) is 0 Å². The molecule has 86 valence electrons. The van der Waals surface area contributed by atoms with Crippen molar-refractivity contribution < 1.29 is 14.3 Å². The van der Waals surface area contributed by atoms with Gasteiger partial charge in [-0.2, -0.15) is 0 Å². The molecular weight excluding hydrogens is 211 g/mol. The van der Waals surface area contributed by atoms with Crippen LogP contribution in [0.4, 0.5) is 10.1 Å². The molecule has 1 fully saturated rings. The number of piperazine rings is 1. The van der Waals surface area contributed by atoms with Crippen molar-refractivity contribution in [1.82, 2.24) is 5.32 Å².